The van der Waals surface area contributed by atoms with Gasteiger partial charge in [-0.05, 0) is 29.5 Å². The van der Waals surface area contributed by atoms with E-state index >= 15 is 0 Å². The third kappa shape index (κ3) is 5.32. The molecular formula is C18H21ClN3O4S+. The first-order valence-corrected chi connectivity index (χ1v) is 9.92. The highest BCUT2D eigenvalue weighted by atomic mass is 35.5. The molecule has 3 rings (SSSR count). The van der Waals surface area contributed by atoms with Gasteiger partial charge in [-0.1, -0.05) is 29.8 Å². The molecule has 0 radical (unpaired) electrons. The van der Waals surface area contributed by atoms with Crippen LogP contribution in [0.5, 0.6) is 0 Å². The molecule has 0 unspecified atom stereocenters. The number of ether oxygens (including phenoxy) is 1. The van der Waals surface area contributed by atoms with Crippen molar-refractivity contribution in [3.8, 4) is 0 Å². The fraction of sp³-hybridized carbons (Fsp3) is 0.389. The number of thioether (sulfide) groups is 1. The van der Waals surface area contributed by atoms with Crippen LogP contribution in [0, 0.1) is 0 Å². The molecule has 2 aliphatic heterocycles. The minimum absolute atomic E-state index is 0.0921. The quantitative estimate of drug-likeness (QED) is 0.664. The summed E-state index contributed by atoms with van der Waals surface area (Å²) in [5.41, 5.74) is 0.687. The van der Waals surface area contributed by atoms with Crippen LogP contribution in [0.15, 0.2) is 29.2 Å². The molecule has 1 aromatic carbocycles. The van der Waals surface area contributed by atoms with Crippen LogP contribution in [0.4, 0.5) is 4.79 Å². The van der Waals surface area contributed by atoms with Crippen molar-refractivity contribution < 1.29 is 24.0 Å². The predicted octanol–water partition coefficient (Wildman–Crippen LogP) is 0.408. The van der Waals surface area contributed by atoms with Crippen LogP contribution in [0.1, 0.15) is 5.56 Å². The third-order valence-electron chi connectivity index (χ3n) is 4.33. The van der Waals surface area contributed by atoms with Gasteiger partial charge in [0, 0.05) is 18.1 Å². The highest BCUT2D eigenvalue weighted by molar-refractivity contribution is 8.18. The molecule has 0 saturated carbocycles. The summed E-state index contributed by atoms with van der Waals surface area (Å²) in [4.78, 5) is 39.2. The van der Waals surface area contributed by atoms with Gasteiger partial charge in [0.25, 0.3) is 17.1 Å². The van der Waals surface area contributed by atoms with E-state index in [9.17, 15) is 14.4 Å². The lowest BCUT2D eigenvalue weighted by atomic mass is 10.2. The number of halogens is 1. The van der Waals surface area contributed by atoms with Crippen LogP contribution < -0.4 is 10.2 Å². The highest BCUT2D eigenvalue weighted by Crippen LogP contribution is 2.33. The summed E-state index contributed by atoms with van der Waals surface area (Å²) in [7, 11) is 0. The van der Waals surface area contributed by atoms with Gasteiger partial charge in [-0.25, -0.2) is 0 Å². The van der Waals surface area contributed by atoms with Gasteiger partial charge in [0.05, 0.1) is 18.1 Å². The van der Waals surface area contributed by atoms with Gasteiger partial charge in [0.1, 0.15) is 13.1 Å². The summed E-state index contributed by atoms with van der Waals surface area (Å²) in [6.07, 6.45) is 1.62. The Bertz CT molecular complexity index is 765. The smallest absolute Gasteiger partial charge is 0.293 e. The maximum atomic E-state index is 12.5. The van der Waals surface area contributed by atoms with Crippen molar-refractivity contribution in [1.82, 2.24) is 10.2 Å². The summed E-state index contributed by atoms with van der Waals surface area (Å²) in [5.74, 6) is -0.455. The Morgan fingerprint density at radius 3 is 2.78 bits per heavy atom. The lowest BCUT2D eigenvalue weighted by molar-refractivity contribution is -0.900. The zero-order chi connectivity index (χ0) is 19.2. The minimum Gasteiger partial charge on any atom is -0.370 e. The third-order valence-corrected chi connectivity index (χ3v) is 5.59. The fourth-order valence-corrected chi connectivity index (χ4v) is 3.91. The molecule has 27 heavy (non-hydrogen) atoms. The van der Waals surface area contributed by atoms with Crippen LogP contribution in [-0.4, -0.2) is 67.9 Å². The molecule has 144 valence electrons. The molecule has 9 heteroatoms. The molecule has 2 N–H and O–H groups in total. The Balaban J connectivity index is 1.50. The van der Waals surface area contributed by atoms with Crippen LogP contribution in [-0.2, 0) is 14.3 Å². The fourth-order valence-electron chi connectivity index (χ4n) is 2.86. The van der Waals surface area contributed by atoms with Crippen LogP contribution in [0.2, 0.25) is 5.02 Å². The number of hydrogen-bond donors (Lipinski definition) is 2. The number of quaternary nitrogens is 1. The van der Waals surface area contributed by atoms with Gasteiger partial charge in [0.2, 0.25) is 0 Å². The van der Waals surface area contributed by atoms with Crippen molar-refractivity contribution in [2.45, 2.75) is 0 Å². The molecule has 2 saturated heterocycles. The summed E-state index contributed by atoms with van der Waals surface area (Å²) in [5, 5.41) is 2.95. The maximum Gasteiger partial charge on any atom is 0.293 e. The second-order valence-corrected chi connectivity index (χ2v) is 7.64. The molecule has 0 spiro atoms. The second-order valence-electron chi connectivity index (χ2n) is 6.24. The number of benzene rings is 1. The molecule has 2 aliphatic rings. The molecular weight excluding hydrogens is 390 g/mol. The van der Waals surface area contributed by atoms with Crippen LogP contribution >= 0.6 is 23.4 Å². The van der Waals surface area contributed by atoms with E-state index in [0.717, 1.165) is 29.8 Å². The molecule has 0 atom stereocenters. The van der Waals surface area contributed by atoms with Crippen molar-refractivity contribution in [2.75, 3.05) is 45.9 Å². The zero-order valence-electron chi connectivity index (χ0n) is 14.7. The number of nitrogens with zero attached hydrogens (tertiary/aromatic N) is 1. The van der Waals surface area contributed by atoms with Crippen LogP contribution in [0.25, 0.3) is 6.08 Å². The Morgan fingerprint density at radius 1 is 1.30 bits per heavy atom. The van der Waals surface area contributed by atoms with Gasteiger partial charge < -0.3 is 15.0 Å². The van der Waals surface area contributed by atoms with E-state index in [1.807, 2.05) is 6.07 Å². The normalized spacial score (nSPS) is 19.7. The van der Waals surface area contributed by atoms with Gasteiger partial charge in [0.15, 0.2) is 6.54 Å². The van der Waals surface area contributed by atoms with Gasteiger partial charge in [-0.15, -0.1) is 0 Å². The molecule has 1 aromatic rings. The van der Waals surface area contributed by atoms with Crippen molar-refractivity contribution >= 4 is 46.5 Å². The van der Waals surface area contributed by atoms with Gasteiger partial charge in [-0.2, -0.15) is 0 Å². The second kappa shape index (κ2) is 9.36. The molecule has 3 amide bonds. The lowest BCUT2D eigenvalue weighted by Gasteiger charge is -2.23. The molecule has 7 nitrogen and oxygen atoms in total. The minimum atomic E-state index is -0.363. The number of carbonyl (C=O) groups is 3. The van der Waals surface area contributed by atoms with E-state index in [2.05, 4.69) is 5.32 Å². The Morgan fingerprint density at radius 2 is 2.04 bits per heavy atom. The Hall–Kier alpha value is -1.87. The topological polar surface area (TPSA) is 80.2 Å². The molecule has 0 aliphatic carbocycles. The number of carbonyl (C=O) groups excluding carboxylic acids is 3. The average molecular weight is 411 g/mol. The van der Waals surface area contributed by atoms with E-state index in [0.29, 0.717) is 35.2 Å². The number of hydrogen-bond acceptors (Lipinski definition) is 5. The zero-order valence-corrected chi connectivity index (χ0v) is 16.3. The van der Waals surface area contributed by atoms with Crippen molar-refractivity contribution in [3.63, 3.8) is 0 Å². The Labute approximate surface area is 166 Å². The van der Waals surface area contributed by atoms with E-state index in [1.165, 1.54) is 4.90 Å². The molecule has 2 fully saturated rings. The summed E-state index contributed by atoms with van der Waals surface area (Å²) in [6, 6.07) is 7.12. The first-order valence-electron chi connectivity index (χ1n) is 8.72. The number of amides is 3. The van der Waals surface area contributed by atoms with Crippen molar-refractivity contribution in [1.29, 1.82) is 0 Å². The number of rotatable bonds is 6. The largest absolute Gasteiger partial charge is 0.370 e. The SMILES string of the molecule is O=C(C[NH+]1CCOCC1)NCCN1C(=O)S/C(=C\c2ccccc2Cl)C1=O. The summed E-state index contributed by atoms with van der Waals surface area (Å²) in [6.45, 7) is 3.70. The molecule has 2 heterocycles. The molecule has 0 bridgehead atoms. The van der Waals surface area contributed by atoms with Crippen molar-refractivity contribution in [2.24, 2.45) is 0 Å². The standard InChI is InChI=1S/C18H20ClN3O4S/c19-14-4-2-1-3-13(14)11-15-17(24)22(18(25)27-15)6-5-20-16(23)12-21-7-9-26-10-8-21/h1-4,11H,5-10,12H2,(H,20,23)/p+1/b15-11-. The van der Waals surface area contributed by atoms with Crippen molar-refractivity contribution in [3.05, 3.63) is 39.8 Å². The van der Waals surface area contributed by atoms with Gasteiger partial charge >= 0.3 is 0 Å². The molecule has 0 aromatic heterocycles. The van der Waals surface area contributed by atoms with Crippen LogP contribution in [0.3, 0.4) is 0 Å². The number of morpholine rings is 1. The number of nitrogens with one attached hydrogen (secondary N) is 2. The lowest BCUT2D eigenvalue weighted by Crippen LogP contribution is -3.15. The summed E-state index contributed by atoms with van der Waals surface area (Å²) >= 11 is 6.98. The van der Waals surface area contributed by atoms with E-state index in [-0.39, 0.29) is 30.1 Å². The van der Waals surface area contributed by atoms with E-state index < -0.39 is 0 Å². The summed E-state index contributed by atoms with van der Waals surface area (Å²) < 4.78 is 5.26. The first-order chi connectivity index (χ1) is 13.0. The highest BCUT2D eigenvalue weighted by Gasteiger charge is 2.34. The first kappa shape index (κ1) is 19.9. The average Bonchev–Trinajstić information content (AvgIpc) is 2.92. The van der Waals surface area contributed by atoms with E-state index in [1.54, 1.807) is 24.3 Å². The van der Waals surface area contributed by atoms with E-state index in [4.69, 9.17) is 16.3 Å². The number of imide groups is 1. The monoisotopic (exact) mass is 410 g/mol. The Kier molecular flexibility index (Phi) is 6.89. The predicted molar refractivity (Wildman–Crippen MR) is 104 cm³/mol. The maximum absolute atomic E-state index is 12.5. The van der Waals surface area contributed by atoms with Gasteiger partial charge in [-0.3, -0.25) is 19.3 Å².